The monoisotopic (exact) mass is 671 g/mol. The lowest BCUT2D eigenvalue weighted by Gasteiger charge is -2.44. The minimum absolute atomic E-state index is 0.0479. The maximum Gasteiger partial charge on any atom is 0.263 e. The van der Waals surface area contributed by atoms with Crippen molar-refractivity contribution in [3.63, 3.8) is 0 Å². The molecule has 2 aromatic carbocycles. The van der Waals surface area contributed by atoms with Crippen molar-refractivity contribution in [1.29, 1.82) is 0 Å². The maximum absolute atomic E-state index is 14.4. The standard InChI is InChI=1S/C32H29Cl2F2N5O3S/c1-17-8-21(4-6-25(17)33)29(43)39-15-27-24(9-18(39)2)30(44)41(28-7-5-20(19(3)42)10-26(28)34)31(38-27)40(14-23-13-37-16-45-23)22-11-32(35,36)12-22/h4-8,10,13,16,18,22H,9,11-12,14-15H2,1-3H3. The second kappa shape index (κ2) is 11.9. The topological polar surface area (TPSA) is 88.4 Å². The number of aryl methyl sites for hydroxylation is 1. The molecule has 0 saturated heterocycles. The van der Waals surface area contributed by atoms with E-state index in [1.165, 1.54) is 28.9 Å². The molecule has 13 heteroatoms. The number of carbonyl (C=O) groups is 2. The largest absolute Gasteiger partial charge is 0.333 e. The van der Waals surface area contributed by atoms with Gasteiger partial charge in [-0.2, -0.15) is 0 Å². The van der Waals surface area contributed by atoms with Crippen molar-refractivity contribution in [3.8, 4) is 5.69 Å². The average Bonchev–Trinajstić information content (AvgIpc) is 3.49. The van der Waals surface area contributed by atoms with Crippen LogP contribution in [0.1, 0.15) is 69.1 Å². The molecule has 0 N–H and O–H groups in total. The number of aromatic nitrogens is 3. The van der Waals surface area contributed by atoms with Crippen molar-refractivity contribution in [1.82, 2.24) is 19.4 Å². The van der Waals surface area contributed by atoms with Crippen molar-refractivity contribution in [2.75, 3.05) is 4.90 Å². The summed E-state index contributed by atoms with van der Waals surface area (Å²) in [5.41, 5.74) is 3.91. The molecule has 2 aromatic heterocycles. The van der Waals surface area contributed by atoms with E-state index < -0.39 is 30.4 Å². The molecule has 1 saturated carbocycles. The number of nitrogens with zero attached hydrogens (tertiary/aromatic N) is 5. The van der Waals surface area contributed by atoms with Gasteiger partial charge in [-0.15, -0.1) is 11.3 Å². The van der Waals surface area contributed by atoms with Crippen molar-refractivity contribution >= 4 is 52.2 Å². The Morgan fingerprint density at radius 1 is 1.11 bits per heavy atom. The minimum atomic E-state index is -2.84. The normalized spacial score (nSPS) is 17.5. The molecule has 2 aliphatic rings. The van der Waals surface area contributed by atoms with Gasteiger partial charge in [0.25, 0.3) is 17.4 Å². The molecule has 234 valence electrons. The number of rotatable bonds is 7. The van der Waals surface area contributed by atoms with E-state index >= 15 is 0 Å². The van der Waals surface area contributed by atoms with E-state index in [1.54, 1.807) is 51.8 Å². The van der Waals surface area contributed by atoms with Crippen LogP contribution in [0.25, 0.3) is 5.69 Å². The van der Waals surface area contributed by atoms with Crippen LogP contribution in [-0.2, 0) is 19.5 Å². The molecule has 6 rings (SSSR count). The van der Waals surface area contributed by atoms with Crippen molar-refractivity contribution < 1.29 is 18.4 Å². The van der Waals surface area contributed by atoms with Crippen LogP contribution in [0.4, 0.5) is 14.7 Å². The van der Waals surface area contributed by atoms with E-state index in [0.29, 0.717) is 27.4 Å². The summed E-state index contributed by atoms with van der Waals surface area (Å²) >= 11 is 14.2. The molecule has 1 atom stereocenters. The van der Waals surface area contributed by atoms with Crippen molar-refractivity contribution in [2.45, 2.75) is 71.1 Å². The van der Waals surface area contributed by atoms with E-state index in [4.69, 9.17) is 28.2 Å². The van der Waals surface area contributed by atoms with Crippen LogP contribution < -0.4 is 10.5 Å². The van der Waals surface area contributed by atoms with Crippen LogP contribution in [0.15, 0.2) is 52.9 Å². The molecule has 45 heavy (non-hydrogen) atoms. The molecule has 1 aliphatic heterocycles. The number of carbonyl (C=O) groups excluding carboxylic acids is 2. The number of Topliss-reactive ketones (excluding diaryl/α,β-unsaturated/α-hetero) is 1. The molecule has 0 spiro atoms. The Labute approximate surface area is 272 Å². The Morgan fingerprint density at radius 2 is 1.84 bits per heavy atom. The van der Waals surface area contributed by atoms with Crippen LogP contribution in [0.2, 0.25) is 10.0 Å². The fourth-order valence-electron chi connectivity index (χ4n) is 5.88. The minimum Gasteiger partial charge on any atom is -0.333 e. The van der Waals surface area contributed by atoms with Crippen LogP contribution in [0.3, 0.4) is 0 Å². The van der Waals surface area contributed by atoms with Gasteiger partial charge in [-0.1, -0.05) is 23.2 Å². The van der Waals surface area contributed by atoms with Gasteiger partial charge in [0, 0.05) is 57.7 Å². The summed E-state index contributed by atoms with van der Waals surface area (Å²) in [6, 6.07) is 8.73. The molecular formula is C32H29Cl2F2N5O3S. The average molecular weight is 673 g/mol. The Kier molecular flexibility index (Phi) is 8.30. The molecule has 0 radical (unpaired) electrons. The van der Waals surface area contributed by atoms with Gasteiger partial charge in [0.05, 0.1) is 35.0 Å². The molecule has 1 unspecified atom stereocenters. The summed E-state index contributed by atoms with van der Waals surface area (Å²) in [5.74, 6) is -3.14. The van der Waals surface area contributed by atoms with Crippen molar-refractivity contribution in [2.24, 2.45) is 0 Å². The summed E-state index contributed by atoms with van der Waals surface area (Å²) in [6.45, 7) is 5.33. The lowest BCUT2D eigenvalue weighted by atomic mass is 9.87. The summed E-state index contributed by atoms with van der Waals surface area (Å²) in [6.07, 6.45) is 1.06. The SMILES string of the molecule is CC(=O)c1ccc(-n2c(N(Cc3cncs3)C3CC(F)(F)C3)nc3c(c2=O)CC(C)N(C(=O)c2ccc(Cl)c(C)c2)C3)c(Cl)c1. The zero-order valence-corrected chi connectivity index (χ0v) is 27.0. The van der Waals surface area contributed by atoms with Gasteiger partial charge in [0.2, 0.25) is 5.95 Å². The summed E-state index contributed by atoms with van der Waals surface area (Å²) in [5, 5.41) is 0.691. The molecule has 3 heterocycles. The Bertz CT molecular complexity index is 1870. The zero-order chi connectivity index (χ0) is 32.2. The lowest BCUT2D eigenvalue weighted by Crippen LogP contribution is -2.53. The molecule has 0 bridgehead atoms. The van der Waals surface area contributed by atoms with E-state index in [2.05, 4.69) is 4.98 Å². The number of hydrogen-bond donors (Lipinski definition) is 0. The first-order valence-electron chi connectivity index (χ1n) is 14.4. The first kappa shape index (κ1) is 31.3. The second-order valence-electron chi connectivity index (χ2n) is 11.7. The quantitative estimate of drug-likeness (QED) is 0.199. The Morgan fingerprint density at radius 3 is 2.47 bits per heavy atom. The first-order valence-corrected chi connectivity index (χ1v) is 16.0. The number of ketones is 1. The highest BCUT2D eigenvalue weighted by Gasteiger charge is 2.49. The number of hydrogen-bond acceptors (Lipinski definition) is 7. The molecule has 4 aromatic rings. The van der Waals surface area contributed by atoms with Gasteiger partial charge in [0.1, 0.15) is 0 Å². The first-order chi connectivity index (χ1) is 21.3. The number of anilines is 1. The van der Waals surface area contributed by atoms with Crippen molar-refractivity contribution in [3.05, 3.63) is 101 Å². The predicted molar refractivity (Wildman–Crippen MR) is 170 cm³/mol. The molecular weight excluding hydrogens is 643 g/mol. The second-order valence-corrected chi connectivity index (χ2v) is 13.4. The summed E-state index contributed by atoms with van der Waals surface area (Å²) in [4.78, 5) is 53.4. The molecule has 1 fully saturated rings. The number of alkyl halides is 2. The summed E-state index contributed by atoms with van der Waals surface area (Å²) < 4.78 is 29.9. The van der Waals surface area contributed by atoms with Gasteiger partial charge in [-0.05, 0) is 69.2 Å². The number of halogens is 4. The number of benzene rings is 2. The van der Waals surface area contributed by atoms with Gasteiger partial charge >= 0.3 is 0 Å². The Hall–Kier alpha value is -3.67. The van der Waals surface area contributed by atoms with Crippen LogP contribution >= 0.6 is 34.5 Å². The molecule has 1 aliphatic carbocycles. The highest BCUT2D eigenvalue weighted by atomic mass is 35.5. The predicted octanol–water partition coefficient (Wildman–Crippen LogP) is 6.90. The third-order valence-electron chi connectivity index (χ3n) is 8.43. The fraction of sp³-hybridized carbons (Fsp3) is 0.344. The van der Waals surface area contributed by atoms with Crippen LogP contribution in [-0.4, -0.2) is 49.1 Å². The number of amides is 1. The van der Waals surface area contributed by atoms with Gasteiger partial charge < -0.3 is 9.80 Å². The van der Waals surface area contributed by atoms with Crippen LogP contribution in [0.5, 0.6) is 0 Å². The summed E-state index contributed by atoms with van der Waals surface area (Å²) in [7, 11) is 0. The third kappa shape index (κ3) is 6.01. The smallest absolute Gasteiger partial charge is 0.263 e. The van der Waals surface area contributed by atoms with E-state index in [0.717, 1.165) is 10.4 Å². The number of thiazole rings is 1. The van der Waals surface area contributed by atoms with Gasteiger partial charge in [-0.25, -0.2) is 18.3 Å². The molecule has 8 nitrogen and oxygen atoms in total. The molecule has 1 amide bonds. The van der Waals surface area contributed by atoms with Gasteiger partial charge in [0.15, 0.2) is 5.78 Å². The fourth-order valence-corrected chi connectivity index (χ4v) is 6.85. The highest BCUT2D eigenvalue weighted by molar-refractivity contribution is 7.09. The maximum atomic E-state index is 14.4. The Balaban J connectivity index is 1.51. The zero-order valence-electron chi connectivity index (χ0n) is 24.7. The van der Waals surface area contributed by atoms with E-state index in [-0.39, 0.29) is 53.9 Å². The van der Waals surface area contributed by atoms with E-state index in [9.17, 15) is 23.2 Å². The van der Waals surface area contributed by atoms with E-state index in [1.807, 2.05) is 13.8 Å². The number of fused-ring (bicyclic) bond motifs is 1. The van der Waals surface area contributed by atoms with Gasteiger partial charge in [-0.3, -0.25) is 19.4 Å². The van der Waals surface area contributed by atoms with Crippen LogP contribution in [0, 0.1) is 6.92 Å². The third-order valence-corrected chi connectivity index (χ3v) is 9.92. The highest BCUT2D eigenvalue weighted by Crippen LogP contribution is 2.43. The lowest BCUT2D eigenvalue weighted by molar-refractivity contribution is -0.0864.